The summed E-state index contributed by atoms with van der Waals surface area (Å²) in [4.78, 5) is 23.1. The van der Waals surface area contributed by atoms with Gasteiger partial charge in [-0.2, -0.15) is 5.48 Å². The molecule has 1 aromatic heterocycles. The highest BCUT2D eigenvalue weighted by atomic mass is 32.1. The number of amides is 1. The van der Waals surface area contributed by atoms with Crippen LogP contribution in [0.4, 0.5) is 5.13 Å². The number of hydroxylamine groups is 1. The number of rotatable bonds is 6. The van der Waals surface area contributed by atoms with Gasteiger partial charge < -0.3 is 0 Å². The van der Waals surface area contributed by atoms with Crippen molar-refractivity contribution in [1.29, 1.82) is 0 Å². The number of carbonyl (C=O) groups excluding carboxylic acids is 1. The number of anilines is 1. The van der Waals surface area contributed by atoms with Crippen LogP contribution in [0, 0.1) is 0 Å². The monoisotopic (exact) mass is 283 g/mol. The van der Waals surface area contributed by atoms with Gasteiger partial charge >= 0.3 is 0 Å². The van der Waals surface area contributed by atoms with Crippen LogP contribution in [0.25, 0.3) is 0 Å². The van der Waals surface area contributed by atoms with E-state index in [1.54, 1.807) is 11.8 Å². The van der Waals surface area contributed by atoms with Crippen LogP contribution in [0.3, 0.4) is 0 Å². The maximum Gasteiger partial charge on any atom is 0.225 e. The first-order valence-corrected chi connectivity index (χ1v) is 7.69. The second kappa shape index (κ2) is 6.98. The molecule has 106 valence electrons. The first-order chi connectivity index (χ1) is 9.20. The molecule has 19 heavy (non-hydrogen) atoms. The van der Waals surface area contributed by atoms with Gasteiger partial charge in [-0.1, -0.05) is 12.8 Å². The number of hydrogen-bond donors (Lipinski definition) is 1. The Balaban J connectivity index is 1.81. The van der Waals surface area contributed by atoms with Crippen LogP contribution in [0.5, 0.6) is 0 Å². The molecule has 1 saturated carbocycles. The van der Waals surface area contributed by atoms with E-state index >= 15 is 0 Å². The van der Waals surface area contributed by atoms with Crippen LogP contribution < -0.4 is 10.4 Å². The summed E-state index contributed by atoms with van der Waals surface area (Å²) in [5, 5.41) is 2.72. The Labute approximate surface area is 117 Å². The maximum absolute atomic E-state index is 11.4. The summed E-state index contributed by atoms with van der Waals surface area (Å²) in [6, 6.07) is 0. The summed E-state index contributed by atoms with van der Waals surface area (Å²) in [7, 11) is 0. The molecule has 0 unspecified atom stereocenters. The average molecular weight is 283 g/mol. The zero-order valence-electron chi connectivity index (χ0n) is 11.5. The molecule has 1 heterocycles. The Kier molecular flexibility index (Phi) is 5.30. The molecule has 1 N–H and O–H groups in total. The third kappa shape index (κ3) is 3.99. The maximum atomic E-state index is 11.4. The van der Waals surface area contributed by atoms with E-state index in [1.807, 2.05) is 12.3 Å². The summed E-state index contributed by atoms with van der Waals surface area (Å²) in [6.45, 7) is 4.74. The van der Waals surface area contributed by atoms with E-state index in [0.29, 0.717) is 19.2 Å². The van der Waals surface area contributed by atoms with E-state index in [4.69, 9.17) is 4.84 Å². The van der Waals surface area contributed by atoms with Crippen LogP contribution in [-0.2, 0) is 16.2 Å². The van der Waals surface area contributed by atoms with Gasteiger partial charge in [-0.05, 0) is 19.8 Å². The minimum absolute atomic E-state index is 0.0264. The van der Waals surface area contributed by atoms with Crippen molar-refractivity contribution in [1.82, 2.24) is 10.5 Å². The van der Waals surface area contributed by atoms with Crippen LogP contribution in [0.1, 0.15) is 45.2 Å². The molecule has 0 aromatic carbocycles. The third-order valence-electron chi connectivity index (χ3n) is 3.27. The summed E-state index contributed by atoms with van der Waals surface area (Å²) >= 11 is 1.49. The molecule has 1 aromatic rings. The molecular weight excluding hydrogens is 262 g/mol. The van der Waals surface area contributed by atoms with Crippen molar-refractivity contribution in [2.24, 2.45) is 0 Å². The Hall–Kier alpha value is -0.980. The molecule has 1 amide bonds. The molecule has 1 aliphatic rings. The number of nitrogens with one attached hydrogen (secondary N) is 1. The summed E-state index contributed by atoms with van der Waals surface area (Å²) in [5.74, 6) is 0.0264. The zero-order chi connectivity index (χ0) is 13.7. The Morgan fingerprint density at radius 2 is 2.32 bits per heavy atom. The van der Waals surface area contributed by atoms with Crippen molar-refractivity contribution < 1.29 is 9.63 Å². The molecule has 1 aliphatic carbocycles. The van der Waals surface area contributed by atoms with Gasteiger partial charge in [-0.25, -0.2) is 4.98 Å². The predicted molar refractivity (Wildman–Crippen MR) is 76.0 cm³/mol. The van der Waals surface area contributed by atoms with Gasteiger partial charge in [-0.3, -0.25) is 14.5 Å². The number of hydrogen-bond acceptors (Lipinski definition) is 5. The lowest BCUT2D eigenvalue weighted by atomic mass is 10.3. The second-order valence-corrected chi connectivity index (χ2v) is 5.57. The van der Waals surface area contributed by atoms with Crippen molar-refractivity contribution in [2.45, 2.75) is 52.2 Å². The fraction of sp³-hybridized carbons (Fsp3) is 0.692. The molecular formula is C13H21N3O2S. The predicted octanol–water partition coefficient (Wildman–Crippen LogP) is 2.48. The molecule has 6 heteroatoms. The largest absolute Gasteiger partial charge is 0.298 e. The fourth-order valence-electron chi connectivity index (χ4n) is 2.23. The third-order valence-corrected chi connectivity index (χ3v) is 4.18. The highest BCUT2D eigenvalue weighted by Gasteiger charge is 2.16. The number of carbonyl (C=O) groups is 1. The fourth-order valence-corrected chi connectivity index (χ4v) is 3.17. The van der Waals surface area contributed by atoms with E-state index in [9.17, 15) is 4.79 Å². The number of aromatic nitrogens is 1. The average Bonchev–Trinajstić information content (AvgIpc) is 3.02. The number of thiazole rings is 1. The standard InChI is InChI=1S/C13H21N3O2S/c1-3-16(10(2)17)13-15-11(9-19-13)8-14-18-12-6-4-5-7-12/h9,12,14H,3-8H2,1-2H3. The number of nitrogens with zero attached hydrogens (tertiary/aromatic N) is 2. The molecule has 0 aliphatic heterocycles. The topological polar surface area (TPSA) is 54.5 Å². The van der Waals surface area contributed by atoms with E-state index in [1.165, 1.54) is 24.2 Å². The Bertz CT molecular complexity index is 416. The first kappa shape index (κ1) is 14.4. The summed E-state index contributed by atoms with van der Waals surface area (Å²) in [6.07, 6.45) is 5.16. The van der Waals surface area contributed by atoms with E-state index < -0.39 is 0 Å². The van der Waals surface area contributed by atoms with Gasteiger partial charge in [0.1, 0.15) is 0 Å². The summed E-state index contributed by atoms with van der Waals surface area (Å²) in [5.41, 5.74) is 3.90. The van der Waals surface area contributed by atoms with E-state index in [0.717, 1.165) is 23.7 Å². The Morgan fingerprint density at radius 1 is 1.58 bits per heavy atom. The van der Waals surface area contributed by atoms with Gasteiger partial charge in [-0.15, -0.1) is 11.3 Å². The highest BCUT2D eigenvalue weighted by molar-refractivity contribution is 7.14. The van der Waals surface area contributed by atoms with E-state index in [-0.39, 0.29) is 5.91 Å². The smallest absolute Gasteiger partial charge is 0.225 e. The molecule has 5 nitrogen and oxygen atoms in total. The normalized spacial score (nSPS) is 15.9. The molecule has 0 atom stereocenters. The van der Waals surface area contributed by atoms with Crippen LogP contribution in [-0.4, -0.2) is 23.5 Å². The lowest BCUT2D eigenvalue weighted by Gasteiger charge is -2.14. The lowest BCUT2D eigenvalue weighted by Crippen LogP contribution is -2.27. The van der Waals surface area contributed by atoms with Crippen LogP contribution in [0.15, 0.2) is 5.38 Å². The molecule has 0 saturated heterocycles. The quantitative estimate of drug-likeness (QED) is 0.815. The molecule has 1 fully saturated rings. The minimum Gasteiger partial charge on any atom is -0.298 e. The Morgan fingerprint density at radius 3 is 2.95 bits per heavy atom. The van der Waals surface area contributed by atoms with Crippen molar-refractivity contribution in [3.05, 3.63) is 11.1 Å². The van der Waals surface area contributed by atoms with Crippen molar-refractivity contribution in [3.63, 3.8) is 0 Å². The van der Waals surface area contributed by atoms with Gasteiger partial charge in [0.05, 0.1) is 18.3 Å². The van der Waals surface area contributed by atoms with Gasteiger partial charge in [0.15, 0.2) is 5.13 Å². The summed E-state index contributed by atoms with van der Waals surface area (Å²) < 4.78 is 0. The lowest BCUT2D eigenvalue weighted by molar-refractivity contribution is -0.116. The van der Waals surface area contributed by atoms with Gasteiger partial charge in [0, 0.05) is 18.8 Å². The van der Waals surface area contributed by atoms with E-state index in [2.05, 4.69) is 10.5 Å². The van der Waals surface area contributed by atoms with Gasteiger partial charge in [0.25, 0.3) is 0 Å². The second-order valence-electron chi connectivity index (χ2n) is 4.73. The highest BCUT2D eigenvalue weighted by Crippen LogP contribution is 2.22. The molecule has 0 radical (unpaired) electrons. The van der Waals surface area contributed by atoms with Crippen molar-refractivity contribution in [2.75, 3.05) is 11.4 Å². The van der Waals surface area contributed by atoms with Crippen LogP contribution >= 0.6 is 11.3 Å². The first-order valence-electron chi connectivity index (χ1n) is 6.81. The SMILES string of the molecule is CCN(C(C)=O)c1nc(CNOC2CCCC2)cs1. The molecule has 0 spiro atoms. The molecule has 0 bridgehead atoms. The zero-order valence-corrected chi connectivity index (χ0v) is 12.3. The molecule has 2 rings (SSSR count). The minimum atomic E-state index is 0.0264. The van der Waals surface area contributed by atoms with Gasteiger partial charge in [0.2, 0.25) is 5.91 Å². The van der Waals surface area contributed by atoms with Crippen molar-refractivity contribution in [3.8, 4) is 0 Å². The van der Waals surface area contributed by atoms with Crippen LogP contribution in [0.2, 0.25) is 0 Å². The van der Waals surface area contributed by atoms with Crippen molar-refractivity contribution >= 4 is 22.4 Å².